The Balaban J connectivity index is 2.37. The number of nitrogens with two attached hydrogens (primary N) is 1. The monoisotopic (exact) mass is 254 g/mol. The molecule has 0 unspecified atom stereocenters. The zero-order chi connectivity index (χ0) is 11.6. The van der Waals surface area contributed by atoms with Crippen LogP contribution >= 0.6 is 11.3 Å². The van der Waals surface area contributed by atoms with Crippen LogP contribution in [-0.2, 0) is 10.0 Å². The molecular formula is C10H10N2O2S2. The molecule has 0 bridgehead atoms. The number of hydrogen-bond acceptors (Lipinski definition) is 4. The van der Waals surface area contributed by atoms with Gasteiger partial charge in [0.25, 0.3) is 10.0 Å². The number of benzene rings is 1. The number of nitrogens with one attached hydrogen (secondary N) is 1. The maximum Gasteiger partial charge on any atom is 0.263 e. The highest BCUT2D eigenvalue weighted by atomic mass is 32.2. The van der Waals surface area contributed by atoms with E-state index in [4.69, 9.17) is 5.73 Å². The molecule has 16 heavy (non-hydrogen) atoms. The number of sulfonamides is 1. The molecular weight excluding hydrogens is 244 g/mol. The molecule has 0 radical (unpaired) electrons. The van der Waals surface area contributed by atoms with Gasteiger partial charge in [0.15, 0.2) is 0 Å². The molecule has 1 heterocycles. The first-order valence-corrected chi connectivity index (χ1v) is 6.92. The molecule has 2 aromatic rings. The van der Waals surface area contributed by atoms with Crippen LogP contribution in [0.25, 0.3) is 0 Å². The van der Waals surface area contributed by atoms with Gasteiger partial charge in [0, 0.05) is 5.38 Å². The van der Waals surface area contributed by atoms with Crippen molar-refractivity contribution in [2.24, 2.45) is 0 Å². The number of para-hydroxylation sites is 1. The Morgan fingerprint density at radius 1 is 1.19 bits per heavy atom. The summed E-state index contributed by atoms with van der Waals surface area (Å²) >= 11 is 1.42. The van der Waals surface area contributed by atoms with Crippen molar-refractivity contribution in [3.8, 4) is 0 Å². The third-order valence-corrected chi connectivity index (χ3v) is 4.12. The second kappa shape index (κ2) is 4.15. The molecule has 1 aromatic heterocycles. The average Bonchev–Trinajstić information content (AvgIpc) is 2.70. The number of thiophene rings is 1. The molecule has 0 atom stereocenters. The van der Waals surface area contributed by atoms with Crippen LogP contribution in [0.3, 0.4) is 0 Å². The molecule has 0 saturated heterocycles. The van der Waals surface area contributed by atoms with Gasteiger partial charge in [-0.05, 0) is 23.6 Å². The summed E-state index contributed by atoms with van der Waals surface area (Å²) < 4.78 is 26.3. The van der Waals surface area contributed by atoms with E-state index >= 15 is 0 Å². The van der Waals surface area contributed by atoms with Gasteiger partial charge >= 0.3 is 0 Å². The molecule has 0 aliphatic carbocycles. The van der Waals surface area contributed by atoms with Crippen molar-refractivity contribution in [3.05, 3.63) is 41.1 Å². The van der Waals surface area contributed by atoms with Gasteiger partial charge in [0.1, 0.15) is 4.90 Å². The van der Waals surface area contributed by atoms with Crippen LogP contribution in [0.5, 0.6) is 0 Å². The lowest BCUT2D eigenvalue weighted by molar-refractivity contribution is 0.601. The molecule has 0 aliphatic rings. The fourth-order valence-electron chi connectivity index (χ4n) is 1.26. The summed E-state index contributed by atoms with van der Waals surface area (Å²) in [5.74, 6) is 0. The summed E-state index contributed by atoms with van der Waals surface area (Å²) in [6, 6.07) is 8.06. The van der Waals surface area contributed by atoms with Gasteiger partial charge in [-0.3, -0.25) is 4.72 Å². The fraction of sp³-hybridized carbons (Fsp3) is 0. The molecule has 4 nitrogen and oxygen atoms in total. The summed E-state index contributed by atoms with van der Waals surface area (Å²) in [5, 5.41) is 3.52. The molecule has 0 spiro atoms. The van der Waals surface area contributed by atoms with Crippen LogP contribution in [-0.4, -0.2) is 8.42 Å². The van der Waals surface area contributed by atoms with Crippen molar-refractivity contribution in [2.45, 2.75) is 4.90 Å². The Bertz CT molecular complexity index is 577. The lowest BCUT2D eigenvalue weighted by atomic mass is 10.3. The van der Waals surface area contributed by atoms with Gasteiger partial charge in [-0.2, -0.15) is 11.3 Å². The van der Waals surface area contributed by atoms with E-state index < -0.39 is 10.0 Å². The van der Waals surface area contributed by atoms with Gasteiger partial charge in [-0.15, -0.1) is 0 Å². The molecule has 2 rings (SSSR count). The number of rotatable bonds is 3. The standard InChI is InChI=1S/C10H10N2O2S2/c11-9-3-1-2-4-10(9)16(13,14)12-8-5-6-15-7-8/h1-7,12H,11H2. The van der Waals surface area contributed by atoms with Crippen LogP contribution in [0.4, 0.5) is 11.4 Å². The molecule has 6 heteroatoms. The highest BCUT2D eigenvalue weighted by molar-refractivity contribution is 7.92. The van der Waals surface area contributed by atoms with E-state index in [9.17, 15) is 8.42 Å². The predicted molar refractivity (Wildman–Crippen MR) is 66.0 cm³/mol. The second-order valence-electron chi connectivity index (χ2n) is 3.16. The lowest BCUT2D eigenvalue weighted by Crippen LogP contribution is -2.14. The quantitative estimate of drug-likeness (QED) is 0.824. The number of nitrogen functional groups attached to an aromatic ring is 1. The van der Waals surface area contributed by atoms with E-state index in [1.54, 1.807) is 35.0 Å². The lowest BCUT2D eigenvalue weighted by Gasteiger charge is -2.08. The molecule has 0 amide bonds. The first-order chi connectivity index (χ1) is 7.59. The molecule has 0 saturated carbocycles. The van der Waals surface area contributed by atoms with Crippen molar-refractivity contribution < 1.29 is 8.42 Å². The van der Waals surface area contributed by atoms with Crippen molar-refractivity contribution in [1.82, 2.24) is 0 Å². The highest BCUT2D eigenvalue weighted by Crippen LogP contribution is 2.22. The van der Waals surface area contributed by atoms with Crippen molar-refractivity contribution >= 4 is 32.7 Å². The number of hydrogen-bond donors (Lipinski definition) is 2. The SMILES string of the molecule is Nc1ccccc1S(=O)(=O)Nc1ccsc1. The molecule has 1 aromatic carbocycles. The first kappa shape index (κ1) is 11.0. The Kier molecular flexibility index (Phi) is 2.84. The Morgan fingerprint density at radius 3 is 2.56 bits per heavy atom. The summed E-state index contributed by atoms with van der Waals surface area (Å²) in [7, 11) is -3.58. The average molecular weight is 254 g/mol. The largest absolute Gasteiger partial charge is 0.398 e. The zero-order valence-electron chi connectivity index (χ0n) is 8.25. The minimum atomic E-state index is -3.58. The summed E-state index contributed by atoms with van der Waals surface area (Å²) in [5.41, 5.74) is 6.41. The molecule has 0 fully saturated rings. The Morgan fingerprint density at radius 2 is 1.94 bits per heavy atom. The number of anilines is 2. The van der Waals surface area contributed by atoms with Crippen molar-refractivity contribution in [3.63, 3.8) is 0 Å². The summed E-state index contributed by atoms with van der Waals surface area (Å²) in [4.78, 5) is 0.0983. The smallest absolute Gasteiger partial charge is 0.263 e. The topological polar surface area (TPSA) is 72.2 Å². The Labute approximate surface area is 97.8 Å². The first-order valence-electron chi connectivity index (χ1n) is 4.49. The van der Waals surface area contributed by atoms with Gasteiger partial charge < -0.3 is 5.73 Å². The molecule has 3 N–H and O–H groups in total. The van der Waals surface area contributed by atoms with E-state index in [0.717, 1.165) is 0 Å². The zero-order valence-corrected chi connectivity index (χ0v) is 9.88. The van der Waals surface area contributed by atoms with E-state index in [1.165, 1.54) is 17.4 Å². The van der Waals surface area contributed by atoms with E-state index in [2.05, 4.69) is 4.72 Å². The van der Waals surface area contributed by atoms with Crippen LogP contribution in [0.2, 0.25) is 0 Å². The molecule has 84 valence electrons. The van der Waals surface area contributed by atoms with Gasteiger partial charge in [-0.25, -0.2) is 8.42 Å². The van der Waals surface area contributed by atoms with Crippen LogP contribution in [0.1, 0.15) is 0 Å². The van der Waals surface area contributed by atoms with Crippen LogP contribution < -0.4 is 10.5 Å². The Hall–Kier alpha value is -1.53. The highest BCUT2D eigenvalue weighted by Gasteiger charge is 2.16. The van der Waals surface area contributed by atoms with Crippen LogP contribution in [0.15, 0.2) is 46.0 Å². The van der Waals surface area contributed by atoms with E-state index in [0.29, 0.717) is 5.69 Å². The van der Waals surface area contributed by atoms with E-state index in [-0.39, 0.29) is 10.6 Å². The minimum absolute atomic E-state index is 0.0983. The fourth-order valence-corrected chi connectivity index (χ4v) is 3.10. The van der Waals surface area contributed by atoms with Gasteiger partial charge in [0.05, 0.1) is 11.4 Å². The molecule has 0 aliphatic heterocycles. The summed E-state index contributed by atoms with van der Waals surface area (Å²) in [6.07, 6.45) is 0. The minimum Gasteiger partial charge on any atom is -0.398 e. The van der Waals surface area contributed by atoms with Gasteiger partial charge in [-0.1, -0.05) is 12.1 Å². The normalized spacial score (nSPS) is 11.2. The van der Waals surface area contributed by atoms with Crippen molar-refractivity contribution in [2.75, 3.05) is 10.5 Å². The third-order valence-electron chi connectivity index (χ3n) is 1.98. The predicted octanol–water partition coefficient (Wildman–Crippen LogP) is 2.13. The summed E-state index contributed by atoms with van der Waals surface area (Å²) in [6.45, 7) is 0. The van der Waals surface area contributed by atoms with Crippen molar-refractivity contribution in [1.29, 1.82) is 0 Å². The second-order valence-corrected chi connectivity index (χ2v) is 5.59. The van der Waals surface area contributed by atoms with E-state index in [1.807, 2.05) is 0 Å². The van der Waals surface area contributed by atoms with Crippen LogP contribution in [0, 0.1) is 0 Å². The maximum atomic E-state index is 11.9. The van der Waals surface area contributed by atoms with Gasteiger partial charge in [0.2, 0.25) is 0 Å². The maximum absolute atomic E-state index is 11.9. The third kappa shape index (κ3) is 2.17.